The summed E-state index contributed by atoms with van der Waals surface area (Å²) < 4.78 is 50.2. The Labute approximate surface area is 274 Å². The lowest BCUT2D eigenvalue weighted by atomic mass is 10.00. The van der Waals surface area contributed by atoms with Gasteiger partial charge in [-0.1, -0.05) is 51.1 Å². The number of ether oxygens (including phenoxy) is 2. The Morgan fingerprint density at radius 1 is 1.02 bits per heavy atom. The van der Waals surface area contributed by atoms with E-state index >= 15 is 0 Å². The quantitative estimate of drug-likeness (QED) is 0.166. The summed E-state index contributed by atoms with van der Waals surface area (Å²) in [5, 5.41) is 9.38. The third-order valence-electron chi connectivity index (χ3n) is 7.40. The number of rotatable bonds is 10. The summed E-state index contributed by atoms with van der Waals surface area (Å²) in [6.07, 6.45) is -2.52. The minimum atomic E-state index is -4.75. The molecule has 0 aliphatic carbocycles. The number of benzene rings is 3. The van der Waals surface area contributed by atoms with Crippen LogP contribution in [0.3, 0.4) is 0 Å². The number of aromatic nitrogens is 4. The van der Waals surface area contributed by atoms with Gasteiger partial charge in [-0.25, -0.2) is 14.5 Å². The number of carbonyl (C=O) groups excluding carboxylic acids is 1. The first-order valence-electron chi connectivity index (χ1n) is 15.0. The summed E-state index contributed by atoms with van der Waals surface area (Å²) in [6.45, 7) is 8.75. The van der Waals surface area contributed by atoms with Crippen molar-refractivity contribution < 1.29 is 27.4 Å². The summed E-state index contributed by atoms with van der Waals surface area (Å²) in [7, 11) is 1.63. The number of thiazole rings is 1. The maximum absolute atomic E-state index is 12.9. The highest BCUT2D eigenvalue weighted by Crippen LogP contribution is 2.28. The average molecular weight is 665 g/mol. The molecule has 5 rings (SSSR count). The molecule has 13 heteroatoms. The van der Waals surface area contributed by atoms with Gasteiger partial charge in [0.2, 0.25) is 0 Å². The van der Waals surface area contributed by atoms with Gasteiger partial charge in [0, 0.05) is 29.2 Å². The first-order valence-corrected chi connectivity index (χ1v) is 15.8. The van der Waals surface area contributed by atoms with E-state index in [0.717, 1.165) is 40.2 Å². The van der Waals surface area contributed by atoms with Crippen molar-refractivity contribution in [1.82, 2.24) is 24.6 Å². The largest absolute Gasteiger partial charge is 0.573 e. The molecule has 0 bridgehead atoms. The molecular formula is C34H35F3N6O3S. The van der Waals surface area contributed by atoms with Crippen LogP contribution in [0, 0.1) is 12.8 Å². The molecule has 1 atom stereocenters. The third-order valence-corrected chi connectivity index (χ3v) is 8.34. The van der Waals surface area contributed by atoms with Crippen LogP contribution in [0.2, 0.25) is 0 Å². The first-order chi connectivity index (χ1) is 22.4. The molecule has 2 aromatic heterocycles. The summed E-state index contributed by atoms with van der Waals surface area (Å²) >= 11 is 1.41. The lowest BCUT2D eigenvalue weighted by Gasteiger charge is -2.16. The zero-order valence-corrected chi connectivity index (χ0v) is 27.4. The van der Waals surface area contributed by atoms with Crippen molar-refractivity contribution in [3.63, 3.8) is 0 Å². The number of alkyl halides is 3. The van der Waals surface area contributed by atoms with E-state index < -0.39 is 12.4 Å². The Kier molecular flexibility index (Phi) is 10.1. The molecule has 5 aromatic rings. The van der Waals surface area contributed by atoms with Gasteiger partial charge in [-0.15, -0.1) is 29.6 Å². The van der Waals surface area contributed by atoms with E-state index in [4.69, 9.17) is 4.74 Å². The van der Waals surface area contributed by atoms with Crippen molar-refractivity contribution in [3.05, 3.63) is 100 Å². The standard InChI is InChI=1S/C34H35F3N6O3S/c1-21(2)29-15-14-28(45-5)17-30(29)43-23(4)19-47-33(43)40-32(44)38-18-22(3)16-24-6-8-25(9-7-24)31-39-20-42(41-31)26-10-12-27(13-11-26)46-34(35,36)37/h6-15,17,19-22H,16,18H2,1-5H3,(H,38,44)/b40-33-. The topological polar surface area (TPSA) is 95.6 Å². The van der Waals surface area contributed by atoms with Crippen LogP contribution in [0.5, 0.6) is 11.5 Å². The van der Waals surface area contributed by atoms with E-state index in [2.05, 4.69) is 45.9 Å². The van der Waals surface area contributed by atoms with Crippen LogP contribution < -0.4 is 19.6 Å². The normalized spacial score (nSPS) is 12.7. The fraction of sp³-hybridized carbons (Fsp3) is 0.294. The number of halogens is 3. The Morgan fingerprint density at radius 2 is 1.72 bits per heavy atom. The SMILES string of the molecule is COc1ccc(C(C)C)c(-n2c(C)cs/c2=N\C(=O)NCC(C)Cc2ccc(-c3ncn(-c4ccc(OC(F)(F)F)cc4)n3)cc2)c1. The molecule has 2 heterocycles. The van der Waals surface area contributed by atoms with Crippen molar-refractivity contribution in [2.75, 3.05) is 13.7 Å². The number of nitrogens with zero attached hydrogens (tertiary/aromatic N) is 5. The molecule has 0 aliphatic heterocycles. The number of nitrogens with one attached hydrogen (secondary N) is 1. The maximum atomic E-state index is 12.9. The van der Waals surface area contributed by atoms with Gasteiger partial charge in [-0.2, -0.15) is 4.99 Å². The van der Waals surface area contributed by atoms with Crippen molar-refractivity contribution >= 4 is 17.4 Å². The second-order valence-electron chi connectivity index (χ2n) is 11.4. The van der Waals surface area contributed by atoms with Crippen LogP contribution in [0.1, 0.15) is 43.5 Å². The minimum absolute atomic E-state index is 0.143. The van der Waals surface area contributed by atoms with E-state index in [1.54, 1.807) is 7.11 Å². The lowest BCUT2D eigenvalue weighted by Crippen LogP contribution is -2.29. The number of urea groups is 1. The lowest BCUT2D eigenvalue weighted by molar-refractivity contribution is -0.274. The Morgan fingerprint density at radius 3 is 2.38 bits per heavy atom. The molecule has 0 saturated heterocycles. The summed E-state index contributed by atoms with van der Waals surface area (Å²) in [4.78, 5) is 22.2. The van der Waals surface area contributed by atoms with Crippen molar-refractivity contribution in [1.29, 1.82) is 0 Å². The number of carbonyl (C=O) groups is 1. The van der Waals surface area contributed by atoms with E-state index in [1.807, 2.05) is 59.3 Å². The zero-order valence-electron chi connectivity index (χ0n) is 26.6. The Hall–Kier alpha value is -4.91. The molecule has 0 radical (unpaired) electrons. The molecule has 47 heavy (non-hydrogen) atoms. The predicted molar refractivity (Wildman–Crippen MR) is 174 cm³/mol. The van der Waals surface area contributed by atoms with Gasteiger partial charge in [0.15, 0.2) is 10.6 Å². The Balaban J connectivity index is 1.19. The van der Waals surface area contributed by atoms with E-state index in [-0.39, 0.29) is 17.6 Å². The number of aryl methyl sites for hydroxylation is 1. The highest BCUT2D eigenvalue weighted by Gasteiger charge is 2.31. The molecule has 1 unspecified atom stereocenters. The van der Waals surface area contributed by atoms with E-state index in [1.165, 1.54) is 46.6 Å². The summed E-state index contributed by atoms with van der Waals surface area (Å²) in [5.74, 6) is 1.31. The highest BCUT2D eigenvalue weighted by atomic mass is 32.1. The fourth-order valence-corrected chi connectivity index (χ4v) is 5.93. The number of hydrogen-bond donors (Lipinski definition) is 1. The van der Waals surface area contributed by atoms with Crippen LogP contribution in [-0.4, -0.2) is 45.4 Å². The fourth-order valence-electron chi connectivity index (χ4n) is 5.07. The third kappa shape index (κ3) is 8.47. The maximum Gasteiger partial charge on any atom is 0.573 e. The summed E-state index contributed by atoms with van der Waals surface area (Å²) in [5.41, 5.74) is 5.47. The van der Waals surface area contributed by atoms with Crippen LogP contribution in [0.15, 0.2) is 83.4 Å². The minimum Gasteiger partial charge on any atom is -0.497 e. The van der Waals surface area contributed by atoms with E-state index in [0.29, 0.717) is 22.9 Å². The highest BCUT2D eigenvalue weighted by molar-refractivity contribution is 7.07. The summed E-state index contributed by atoms with van der Waals surface area (Å²) in [6, 6.07) is 18.7. The van der Waals surface area contributed by atoms with Crippen LogP contribution in [-0.2, 0) is 6.42 Å². The van der Waals surface area contributed by atoms with Gasteiger partial charge >= 0.3 is 12.4 Å². The molecule has 0 saturated carbocycles. The smallest absolute Gasteiger partial charge is 0.497 e. The molecule has 3 aromatic carbocycles. The molecule has 0 fully saturated rings. The first kappa shape index (κ1) is 33.5. The molecule has 0 aliphatic rings. The van der Waals surface area contributed by atoms with Gasteiger partial charge in [0.05, 0.1) is 18.5 Å². The molecular weight excluding hydrogens is 629 g/mol. The molecule has 2 amide bonds. The van der Waals surface area contributed by atoms with Crippen LogP contribution in [0.25, 0.3) is 22.8 Å². The molecule has 1 N–H and O–H groups in total. The number of methoxy groups -OCH3 is 1. The molecule has 246 valence electrons. The van der Waals surface area contributed by atoms with Crippen molar-refractivity contribution in [2.24, 2.45) is 10.9 Å². The monoisotopic (exact) mass is 664 g/mol. The van der Waals surface area contributed by atoms with Gasteiger partial charge in [0.25, 0.3) is 0 Å². The van der Waals surface area contributed by atoms with Gasteiger partial charge in [-0.05, 0) is 66.6 Å². The van der Waals surface area contributed by atoms with Crippen LogP contribution in [0.4, 0.5) is 18.0 Å². The van der Waals surface area contributed by atoms with Crippen molar-refractivity contribution in [3.8, 4) is 34.3 Å². The zero-order chi connectivity index (χ0) is 33.7. The number of hydrogen-bond acceptors (Lipinski definition) is 6. The van der Waals surface area contributed by atoms with E-state index in [9.17, 15) is 18.0 Å². The predicted octanol–water partition coefficient (Wildman–Crippen LogP) is 7.61. The van der Waals surface area contributed by atoms with Gasteiger partial charge < -0.3 is 14.8 Å². The van der Waals surface area contributed by atoms with Gasteiger partial charge in [-0.3, -0.25) is 4.57 Å². The molecule has 9 nitrogen and oxygen atoms in total. The second kappa shape index (κ2) is 14.2. The average Bonchev–Trinajstić information content (AvgIpc) is 3.66. The molecule has 0 spiro atoms. The second-order valence-corrected chi connectivity index (χ2v) is 12.3. The Bertz CT molecular complexity index is 1890. The van der Waals surface area contributed by atoms with Crippen molar-refractivity contribution in [2.45, 2.75) is 46.4 Å². The number of amides is 2. The van der Waals surface area contributed by atoms with Gasteiger partial charge in [0.1, 0.15) is 17.8 Å². The van der Waals surface area contributed by atoms with Crippen LogP contribution >= 0.6 is 11.3 Å².